The van der Waals surface area contributed by atoms with Gasteiger partial charge in [0.25, 0.3) is 5.56 Å². The lowest BCUT2D eigenvalue weighted by Gasteiger charge is -2.28. The average molecular weight is 411 g/mol. The number of ether oxygens (including phenoxy) is 4. The van der Waals surface area contributed by atoms with E-state index in [1.165, 1.54) is 21.3 Å². The summed E-state index contributed by atoms with van der Waals surface area (Å²) in [6.07, 6.45) is 1.59. The molecule has 0 bridgehead atoms. The highest BCUT2D eigenvalue weighted by atomic mass is 16.5. The maximum Gasteiger partial charge on any atom is 0.258 e. The molecule has 1 aromatic heterocycles. The van der Waals surface area contributed by atoms with E-state index in [9.17, 15) is 10.1 Å². The van der Waals surface area contributed by atoms with Crippen molar-refractivity contribution in [2.45, 2.75) is 25.7 Å². The summed E-state index contributed by atoms with van der Waals surface area (Å²) in [7, 11) is 6.23. The number of nitrogens with zero attached hydrogens (tertiary/aromatic N) is 2. The van der Waals surface area contributed by atoms with Crippen molar-refractivity contribution in [1.29, 1.82) is 5.26 Å². The Morgan fingerprint density at radius 2 is 1.80 bits per heavy atom. The zero-order chi connectivity index (χ0) is 22.0. The number of methoxy groups -OCH3 is 3. The van der Waals surface area contributed by atoms with Gasteiger partial charge in [-0.1, -0.05) is 13.3 Å². The van der Waals surface area contributed by atoms with Crippen molar-refractivity contribution in [1.82, 2.24) is 4.57 Å². The highest BCUT2D eigenvalue weighted by Crippen LogP contribution is 2.46. The first-order valence-electron chi connectivity index (χ1n) is 9.51. The largest absolute Gasteiger partial charge is 0.493 e. The summed E-state index contributed by atoms with van der Waals surface area (Å²) in [5, 5.41) is 9.81. The third-order valence-electron chi connectivity index (χ3n) is 5.24. The molecule has 1 aliphatic rings. The van der Waals surface area contributed by atoms with E-state index in [4.69, 9.17) is 24.7 Å². The Bertz CT molecular complexity index is 1090. The third-order valence-corrected chi connectivity index (χ3v) is 5.24. The van der Waals surface area contributed by atoms with Crippen molar-refractivity contribution in [3.05, 3.63) is 56.8 Å². The zero-order valence-electron chi connectivity index (χ0n) is 17.7. The maximum absolute atomic E-state index is 13.3. The minimum atomic E-state index is -0.734. The van der Waals surface area contributed by atoms with Crippen LogP contribution < -0.4 is 30.2 Å². The number of fused-ring (bicyclic) bond motifs is 1. The second-order valence-electron chi connectivity index (χ2n) is 6.91. The first kappa shape index (κ1) is 21.1. The molecule has 0 saturated carbocycles. The Labute approximate surface area is 175 Å². The van der Waals surface area contributed by atoms with E-state index in [1.807, 2.05) is 13.0 Å². The van der Waals surface area contributed by atoms with Gasteiger partial charge in [-0.15, -0.1) is 0 Å². The quantitative estimate of drug-likeness (QED) is 0.778. The number of hydrogen-bond donors (Lipinski definition) is 1. The minimum Gasteiger partial charge on any atom is -0.493 e. The molecule has 2 N–H and O–H groups in total. The Kier molecular flexibility index (Phi) is 5.92. The van der Waals surface area contributed by atoms with Crippen LogP contribution in [-0.4, -0.2) is 25.9 Å². The lowest BCUT2D eigenvalue weighted by Crippen LogP contribution is -2.32. The Morgan fingerprint density at radius 1 is 1.17 bits per heavy atom. The van der Waals surface area contributed by atoms with Gasteiger partial charge in [0.1, 0.15) is 17.4 Å². The van der Waals surface area contributed by atoms with E-state index in [2.05, 4.69) is 6.07 Å². The van der Waals surface area contributed by atoms with Crippen LogP contribution >= 0.6 is 0 Å². The van der Waals surface area contributed by atoms with Crippen molar-refractivity contribution in [3.8, 4) is 29.1 Å². The molecule has 0 amide bonds. The fourth-order valence-electron chi connectivity index (χ4n) is 3.77. The molecule has 30 heavy (non-hydrogen) atoms. The van der Waals surface area contributed by atoms with Crippen LogP contribution in [0.15, 0.2) is 34.4 Å². The van der Waals surface area contributed by atoms with Crippen LogP contribution in [-0.2, 0) is 13.5 Å². The summed E-state index contributed by atoms with van der Waals surface area (Å²) in [4.78, 5) is 13.3. The van der Waals surface area contributed by atoms with Crippen LogP contribution in [0, 0.1) is 11.3 Å². The molecule has 2 heterocycles. The number of aromatic nitrogens is 1. The number of allylic oxidation sites excluding steroid dienone is 1. The second-order valence-corrected chi connectivity index (χ2v) is 6.91. The number of pyridine rings is 1. The van der Waals surface area contributed by atoms with E-state index in [0.717, 1.165) is 12.1 Å². The van der Waals surface area contributed by atoms with Gasteiger partial charge in [0.15, 0.2) is 11.5 Å². The van der Waals surface area contributed by atoms with Crippen molar-refractivity contribution in [2.24, 2.45) is 12.8 Å². The summed E-state index contributed by atoms with van der Waals surface area (Å²) in [6.45, 7) is 2.03. The minimum absolute atomic E-state index is 0.0283. The number of rotatable bonds is 6. The van der Waals surface area contributed by atoms with Gasteiger partial charge in [-0.3, -0.25) is 4.79 Å². The van der Waals surface area contributed by atoms with Gasteiger partial charge in [0.05, 0.1) is 32.8 Å². The molecule has 0 radical (unpaired) electrons. The van der Waals surface area contributed by atoms with Crippen LogP contribution in [0.25, 0.3) is 0 Å². The first-order chi connectivity index (χ1) is 14.4. The SMILES string of the molecule is CCCc1cc2c(c(=O)n1C)C(c1cc(OC)c(OC)c(OC)c1)C(C#N)=C(N)O2. The molecule has 2 aromatic rings. The molecule has 1 aromatic carbocycles. The number of aryl methyl sites for hydroxylation is 1. The van der Waals surface area contributed by atoms with E-state index in [0.29, 0.717) is 40.5 Å². The lowest BCUT2D eigenvalue weighted by molar-refractivity contribution is 0.323. The second kappa shape index (κ2) is 8.41. The Morgan fingerprint density at radius 3 is 2.30 bits per heavy atom. The molecule has 0 spiro atoms. The number of nitrogens with two attached hydrogens (primary N) is 1. The van der Waals surface area contributed by atoms with Gasteiger partial charge < -0.3 is 29.2 Å². The summed E-state index contributed by atoms with van der Waals surface area (Å²) < 4.78 is 23.6. The summed E-state index contributed by atoms with van der Waals surface area (Å²) >= 11 is 0. The molecule has 1 atom stereocenters. The van der Waals surface area contributed by atoms with Gasteiger partial charge in [0.2, 0.25) is 11.6 Å². The van der Waals surface area contributed by atoms with Crippen molar-refractivity contribution >= 4 is 0 Å². The smallest absolute Gasteiger partial charge is 0.258 e. The van der Waals surface area contributed by atoms with Crippen LogP contribution in [0.5, 0.6) is 23.0 Å². The maximum atomic E-state index is 13.3. The summed E-state index contributed by atoms with van der Waals surface area (Å²) in [5.74, 6) is 0.834. The molecule has 0 saturated heterocycles. The Hall–Kier alpha value is -3.60. The lowest BCUT2D eigenvalue weighted by atomic mass is 9.83. The average Bonchev–Trinajstić information content (AvgIpc) is 2.75. The summed E-state index contributed by atoms with van der Waals surface area (Å²) in [6, 6.07) is 7.34. The van der Waals surface area contributed by atoms with E-state index in [-0.39, 0.29) is 17.0 Å². The van der Waals surface area contributed by atoms with Gasteiger partial charge in [-0.25, -0.2) is 0 Å². The molecule has 3 rings (SSSR count). The van der Waals surface area contributed by atoms with Crippen LogP contribution in [0.1, 0.15) is 36.1 Å². The van der Waals surface area contributed by atoms with Gasteiger partial charge in [-0.2, -0.15) is 5.26 Å². The zero-order valence-corrected chi connectivity index (χ0v) is 17.7. The molecule has 8 heteroatoms. The molecule has 1 unspecified atom stereocenters. The van der Waals surface area contributed by atoms with Crippen molar-refractivity contribution in [3.63, 3.8) is 0 Å². The molecule has 0 fully saturated rings. The summed E-state index contributed by atoms with van der Waals surface area (Å²) in [5.41, 5.74) is 7.77. The third kappa shape index (κ3) is 3.32. The number of hydrogen-bond acceptors (Lipinski definition) is 7. The van der Waals surface area contributed by atoms with Crippen LogP contribution in [0.2, 0.25) is 0 Å². The van der Waals surface area contributed by atoms with E-state index >= 15 is 0 Å². The molecule has 0 aliphatic carbocycles. The fourth-order valence-corrected chi connectivity index (χ4v) is 3.77. The number of benzene rings is 1. The Balaban J connectivity index is 2.34. The molecule has 158 valence electrons. The standard InChI is InChI=1S/C22H25N3O5/c1-6-7-13-10-15-19(22(26)25(13)2)18(14(11-23)21(24)30-15)12-8-16(27-3)20(29-5)17(9-12)28-4/h8-10,18H,6-7,24H2,1-5H3. The predicted octanol–water partition coefficient (Wildman–Crippen LogP) is 2.58. The van der Waals surface area contributed by atoms with Gasteiger partial charge in [-0.05, 0) is 24.1 Å². The van der Waals surface area contributed by atoms with Gasteiger partial charge >= 0.3 is 0 Å². The van der Waals surface area contributed by atoms with Crippen molar-refractivity contribution in [2.75, 3.05) is 21.3 Å². The molecule has 8 nitrogen and oxygen atoms in total. The predicted molar refractivity (Wildman–Crippen MR) is 111 cm³/mol. The number of nitriles is 1. The topological polar surface area (TPSA) is 109 Å². The molecular formula is C22H25N3O5. The highest BCUT2D eigenvalue weighted by Gasteiger charge is 2.35. The molecule has 1 aliphatic heterocycles. The normalized spacial score (nSPS) is 15.1. The van der Waals surface area contributed by atoms with Gasteiger partial charge in [0, 0.05) is 18.8 Å². The van der Waals surface area contributed by atoms with E-state index < -0.39 is 5.92 Å². The highest BCUT2D eigenvalue weighted by molar-refractivity contribution is 5.61. The van der Waals surface area contributed by atoms with E-state index in [1.54, 1.807) is 23.7 Å². The molecular weight excluding hydrogens is 386 g/mol. The van der Waals surface area contributed by atoms with Crippen molar-refractivity contribution < 1.29 is 18.9 Å². The van der Waals surface area contributed by atoms with Crippen LogP contribution in [0.4, 0.5) is 0 Å². The first-order valence-corrected chi connectivity index (χ1v) is 9.51. The fraction of sp³-hybridized carbons (Fsp3) is 0.364. The van der Waals surface area contributed by atoms with Crippen LogP contribution in [0.3, 0.4) is 0 Å². The monoisotopic (exact) mass is 411 g/mol.